The minimum absolute atomic E-state index is 0.201. The molecule has 0 bridgehead atoms. The van der Waals surface area contributed by atoms with Crippen LogP contribution in [0.2, 0.25) is 0 Å². The smallest absolute Gasteiger partial charge is 0.151 e. The van der Waals surface area contributed by atoms with Crippen molar-refractivity contribution in [3.63, 3.8) is 0 Å². The summed E-state index contributed by atoms with van der Waals surface area (Å²) in [5.41, 5.74) is 0.873. The van der Waals surface area contributed by atoms with E-state index < -0.39 is 21.0 Å². The van der Waals surface area contributed by atoms with E-state index in [-0.39, 0.29) is 5.92 Å². The van der Waals surface area contributed by atoms with Gasteiger partial charge in [-0.25, -0.2) is 8.42 Å². The molecule has 1 aliphatic carbocycles. The van der Waals surface area contributed by atoms with Gasteiger partial charge in [-0.15, -0.1) is 0 Å². The third-order valence-corrected chi connectivity index (χ3v) is 4.76. The average molecular weight is 254 g/mol. The van der Waals surface area contributed by atoms with Crippen LogP contribution in [0, 0.1) is 5.92 Å². The lowest BCUT2D eigenvalue weighted by Gasteiger charge is -2.02. The Morgan fingerprint density at radius 1 is 1.24 bits per heavy atom. The van der Waals surface area contributed by atoms with Gasteiger partial charge in [0.25, 0.3) is 0 Å². The molecule has 0 aliphatic heterocycles. The second kappa shape index (κ2) is 4.14. The Morgan fingerprint density at radius 3 is 2.18 bits per heavy atom. The molecule has 1 aromatic carbocycles. The van der Waals surface area contributed by atoms with E-state index in [0.29, 0.717) is 5.75 Å². The van der Waals surface area contributed by atoms with Gasteiger partial charge in [-0.2, -0.15) is 0 Å². The van der Waals surface area contributed by atoms with Crippen molar-refractivity contribution in [1.82, 2.24) is 0 Å². The molecule has 0 amide bonds. The fraction of sp³-hybridized carbons (Fsp3) is 0.417. The molecule has 5 heteroatoms. The summed E-state index contributed by atoms with van der Waals surface area (Å²) in [6.07, 6.45) is 1.91. The van der Waals surface area contributed by atoms with E-state index in [1.807, 2.05) is 12.1 Å². The number of ether oxygens (including phenoxy) is 1. The van der Waals surface area contributed by atoms with Crippen molar-refractivity contribution >= 4 is 16.1 Å². The Labute approximate surface area is 101 Å². The van der Waals surface area contributed by atoms with E-state index in [9.17, 15) is 13.2 Å². The number of benzene rings is 1. The molecular weight excluding hydrogens is 240 g/mol. The number of hydrogen-bond donors (Lipinski definition) is 0. The maximum Gasteiger partial charge on any atom is 0.151 e. The summed E-state index contributed by atoms with van der Waals surface area (Å²) in [7, 11) is -1.60. The van der Waals surface area contributed by atoms with E-state index in [0.717, 1.165) is 11.8 Å². The van der Waals surface area contributed by atoms with Gasteiger partial charge in [0.05, 0.1) is 12.4 Å². The minimum Gasteiger partial charge on any atom is -0.497 e. The van der Waals surface area contributed by atoms with Crippen LogP contribution in [0.3, 0.4) is 0 Å². The summed E-state index contributed by atoms with van der Waals surface area (Å²) in [4.78, 5) is 10.8. The highest BCUT2D eigenvalue weighted by Gasteiger charge is 2.57. The highest BCUT2D eigenvalue weighted by atomic mass is 32.2. The predicted octanol–water partition coefficient (Wildman–Crippen LogP) is 1.02. The van der Waals surface area contributed by atoms with Gasteiger partial charge in [-0.05, 0) is 17.7 Å². The first-order chi connectivity index (χ1) is 7.99. The molecule has 1 aromatic rings. The molecule has 0 spiro atoms. The van der Waals surface area contributed by atoms with Crippen LogP contribution < -0.4 is 4.74 Å². The van der Waals surface area contributed by atoms with E-state index in [4.69, 9.17) is 4.74 Å². The molecular formula is C12H14O4S. The highest BCUT2D eigenvalue weighted by molar-refractivity contribution is 7.91. The van der Waals surface area contributed by atoms with Gasteiger partial charge in [0.2, 0.25) is 0 Å². The zero-order valence-corrected chi connectivity index (χ0v) is 10.5. The molecule has 0 saturated heterocycles. The minimum atomic E-state index is -3.17. The van der Waals surface area contributed by atoms with Crippen molar-refractivity contribution in [1.29, 1.82) is 0 Å². The van der Waals surface area contributed by atoms with Gasteiger partial charge in [-0.3, -0.25) is 0 Å². The number of carbonyl (C=O) groups excluding carboxylic acids is 1. The molecule has 0 radical (unpaired) electrons. The van der Waals surface area contributed by atoms with Gasteiger partial charge < -0.3 is 9.53 Å². The normalized spacial score (nSPS) is 27.5. The number of carbonyl (C=O) groups is 1. The number of methoxy groups -OCH3 is 1. The molecule has 3 atom stereocenters. The molecule has 1 aliphatic rings. The summed E-state index contributed by atoms with van der Waals surface area (Å²) in [6.45, 7) is 0. The summed E-state index contributed by atoms with van der Waals surface area (Å²) in [5, 5.41) is -0.562. The number of aldehydes is 1. The molecule has 0 unspecified atom stereocenters. The Balaban J connectivity index is 2.26. The van der Waals surface area contributed by atoms with E-state index >= 15 is 0 Å². The molecule has 0 aromatic heterocycles. The van der Waals surface area contributed by atoms with Crippen LogP contribution in [0.4, 0.5) is 0 Å². The van der Waals surface area contributed by atoms with Crippen LogP contribution in [0.5, 0.6) is 5.75 Å². The van der Waals surface area contributed by atoms with Crippen LogP contribution in [-0.2, 0) is 14.6 Å². The van der Waals surface area contributed by atoms with Crippen molar-refractivity contribution in [2.75, 3.05) is 13.4 Å². The Morgan fingerprint density at radius 2 is 1.82 bits per heavy atom. The molecule has 2 rings (SSSR count). The summed E-state index contributed by atoms with van der Waals surface area (Å²) in [6, 6.07) is 7.17. The molecule has 0 heterocycles. The first-order valence-electron chi connectivity index (χ1n) is 5.27. The number of rotatable bonds is 4. The zero-order valence-electron chi connectivity index (χ0n) is 9.66. The van der Waals surface area contributed by atoms with Gasteiger partial charge in [0.15, 0.2) is 9.84 Å². The number of hydrogen-bond acceptors (Lipinski definition) is 4. The van der Waals surface area contributed by atoms with Gasteiger partial charge in [-0.1, -0.05) is 12.1 Å². The molecule has 92 valence electrons. The van der Waals surface area contributed by atoms with Crippen LogP contribution in [0.15, 0.2) is 24.3 Å². The van der Waals surface area contributed by atoms with Crippen LogP contribution in [0.25, 0.3) is 0 Å². The summed E-state index contributed by atoms with van der Waals surface area (Å²) in [5.74, 6) is 0.111. The van der Waals surface area contributed by atoms with E-state index in [2.05, 4.69) is 0 Å². The third-order valence-electron chi connectivity index (χ3n) is 3.16. The third kappa shape index (κ3) is 2.20. The lowest BCUT2D eigenvalue weighted by molar-refractivity contribution is -0.108. The second-order valence-electron chi connectivity index (χ2n) is 4.31. The highest BCUT2D eigenvalue weighted by Crippen LogP contribution is 2.50. The van der Waals surface area contributed by atoms with Gasteiger partial charge >= 0.3 is 0 Å². The number of sulfone groups is 1. The maximum absolute atomic E-state index is 11.5. The monoisotopic (exact) mass is 254 g/mol. The lowest BCUT2D eigenvalue weighted by Crippen LogP contribution is -2.07. The fourth-order valence-electron chi connectivity index (χ4n) is 2.26. The van der Waals surface area contributed by atoms with Crippen molar-refractivity contribution in [3.05, 3.63) is 29.8 Å². The van der Waals surface area contributed by atoms with Crippen molar-refractivity contribution in [2.45, 2.75) is 11.2 Å². The molecule has 17 heavy (non-hydrogen) atoms. The van der Waals surface area contributed by atoms with E-state index in [1.165, 1.54) is 6.26 Å². The molecule has 1 saturated carbocycles. The summed E-state index contributed by atoms with van der Waals surface area (Å²) < 4.78 is 28.0. The zero-order chi connectivity index (χ0) is 12.6. The summed E-state index contributed by atoms with van der Waals surface area (Å²) >= 11 is 0. The first-order valence-corrected chi connectivity index (χ1v) is 7.22. The van der Waals surface area contributed by atoms with Crippen molar-refractivity contribution in [3.8, 4) is 5.75 Å². The Bertz CT molecular complexity index is 518. The SMILES string of the molecule is COc1ccc([C@H]2[C@H](C=O)[C@H]2S(C)(=O)=O)cc1. The fourth-order valence-corrected chi connectivity index (χ4v) is 3.84. The van der Waals surface area contributed by atoms with E-state index in [1.54, 1.807) is 19.2 Å². The largest absolute Gasteiger partial charge is 0.497 e. The molecule has 4 nitrogen and oxygen atoms in total. The van der Waals surface area contributed by atoms with Crippen molar-refractivity contribution in [2.24, 2.45) is 5.92 Å². The quantitative estimate of drug-likeness (QED) is 0.753. The lowest BCUT2D eigenvalue weighted by atomic mass is 10.1. The second-order valence-corrected chi connectivity index (χ2v) is 6.51. The Hall–Kier alpha value is -1.36. The van der Waals surface area contributed by atoms with Crippen LogP contribution in [-0.4, -0.2) is 33.3 Å². The molecule has 1 fully saturated rings. The van der Waals surface area contributed by atoms with Crippen LogP contribution >= 0.6 is 0 Å². The first kappa shape index (κ1) is 12.1. The van der Waals surface area contributed by atoms with Crippen LogP contribution in [0.1, 0.15) is 11.5 Å². The predicted molar refractivity (Wildman–Crippen MR) is 63.9 cm³/mol. The Kier molecular flexibility index (Phi) is 2.95. The maximum atomic E-state index is 11.5. The average Bonchev–Trinajstić information content (AvgIpc) is 3.03. The van der Waals surface area contributed by atoms with Gasteiger partial charge in [0.1, 0.15) is 12.0 Å². The molecule has 0 N–H and O–H groups in total. The van der Waals surface area contributed by atoms with Crippen molar-refractivity contribution < 1.29 is 17.9 Å². The standard InChI is InChI=1S/C12H14O4S/c1-16-9-5-3-8(4-6-9)11-10(7-13)12(11)17(2,14)15/h3-7,10-12H,1-2H3/t10-,11-,12+/m0/s1. The van der Waals surface area contributed by atoms with Gasteiger partial charge in [0, 0.05) is 18.1 Å². The topological polar surface area (TPSA) is 60.4 Å².